The van der Waals surface area contributed by atoms with Gasteiger partial charge in [0.25, 0.3) is 0 Å². The lowest BCUT2D eigenvalue weighted by molar-refractivity contribution is -0.122. The fourth-order valence-electron chi connectivity index (χ4n) is 2.90. The Morgan fingerprint density at radius 2 is 1.88 bits per heavy atom. The monoisotopic (exact) mass is 347 g/mol. The summed E-state index contributed by atoms with van der Waals surface area (Å²) in [7, 11) is -3.14. The highest BCUT2D eigenvalue weighted by atomic mass is 32.2. The van der Waals surface area contributed by atoms with Crippen LogP contribution >= 0.6 is 0 Å². The molecule has 4 nitrogen and oxygen atoms in total. The molecule has 0 heterocycles. The van der Waals surface area contributed by atoms with E-state index in [9.17, 15) is 13.2 Å². The van der Waals surface area contributed by atoms with Crippen LogP contribution in [-0.2, 0) is 14.8 Å². The van der Waals surface area contributed by atoms with Crippen molar-refractivity contribution in [3.05, 3.63) is 54.1 Å². The predicted molar refractivity (Wildman–Crippen MR) is 97.9 cm³/mol. The second-order valence-electron chi connectivity index (χ2n) is 6.32. The minimum Gasteiger partial charge on any atom is -0.299 e. The number of carbonyl (C=O) groups is 1. The molecule has 24 heavy (non-hydrogen) atoms. The van der Waals surface area contributed by atoms with Crippen molar-refractivity contribution in [3.63, 3.8) is 0 Å². The van der Waals surface area contributed by atoms with E-state index in [0.717, 1.165) is 11.8 Å². The molecular formula is C19H25NO3S. The fraction of sp³-hybridized carbons (Fsp3) is 0.421. The van der Waals surface area contributed by atoms with Gasteiger partial charge in [0.05, 0.1) is 6.26 Å². The Bertz CT molecular complexity index is 720. The zero-order chi connectivity index (χ0) is 17.6. The van der Waals surface area contributed by atoms with E-state index in [1.54, 1.807) is 0 Å². The number of unbranched alkanes of at least 4 members (excludes halogenated alkanes) is 1. The summed E-state index contributed by atoms with van der Waals surface area (Å²) in [5, 5.41) is 0. The lowest BCUT2D eigenvalue weighted by Gasteiger charge is -2.22. The van der Waals surface area contributed by atoms with Crippen LogP contribution in [0, 0.1) is 11.8 Å². The van der Waals surface area contributed by atoms with Gasteiger partial charge >= 0.3 is 0 Å². The number of nitrogens with one attached hydrogen (secondary N) is 1. The lowest BCUT2D eigenvalue weighted by atomic mass is 9.81. The van der Waals surface area contributed by atoms with E-state index in [2.05, 4.69) is 29.9 Å². The molecule has 0 fully saturated rings. The van der Waals surface area contributed by atoms with E-state index in [1.807, 2.05) is 30.4 Å². The van der Waals surface area contributed by atoms with Crippen molar-refractivity contribution >= 4 is 21.4 Å². The summed E-state index contributed by atoms with van der Waals surface area (Å²) >= 11 is 0. The van der Waals surface area contributed by atoms with Gasteiger partial charge in [0, 0.05) is 18.9 Å². The third-order valence-electron chi connectivity index (χ3n) is 4.19. The Hall–Kier alpha value is -1.72. The van der Waals surface area contributed by atoms with Gasteiger partial charge in [-0.2, -0.15) is 0 Å². The summed E-state index contributed by atoms with van der Waals surface area (Å²) in [5.74, 6) is 0.314. The van der Waals surface area contributed by atoms with Gasteiger partial charge in [-0.3, -0.25) is 4.79 Å². The van der Waals surface area contributed by atoms with Gasteiger partial charge in [-0.15, -0.1) is 0 Å². The van der Waals surface area contributed by atoms with Crippen molar-refractivity contribution in [3.8, 4) is 0 Å². The van der Waals surface area contributed by atoms with Crippen molar-refractivity contribution in [2.24, 2.45) is 11.8 Å². The number of hydrogen-bond donors (Lipinski definition) is 1. The molecule has 0 spiro atoms. The first-order chi connectivity index (χ1) is 11.4. The normalized spacial score (nSPS) is 20.7. The minimum atomic E-state index is -3.14. The molecule has 5 heteroatoms. The number of carbonyl (C=O) groups excluding carboxylic acids is 1. The zero-order valence-corrected chi connectivity index (χ0v) is 15.1. The van der Waals surface area contributed by atoms with E-state index < -0.39 is 10.0 Å². The van der Waals surface area contributed by atoms with Gasteiger partial charge in [-0.1, -0.05) is 55.5 Å². The average molecular weight is 347 g/mol. The number of Topliss-reactive ketones (excluding diaryl/α,β-unsaturated/α-hetero) is 1. The lowest BCUT2D eigenvalue weighted by Crippen LogP contribution is -2.24. The molecule has 1 aromatic rings. The van der Waals surface area contributed by atoms with Gasteiger partial charge < -0.3 is 0 Å². The molecule has 0 amide bonds. The van der Waals surface area contributed by atoms with E-state index in [1.165, 1.54) is 5.56 Å². The maximum atomic E-state index is 12.4. The van der Waals surface area contributed by atoms with Crippen LogP contribution in [0.1, 0.15) is 31.7 Å². The molecule has 1 aromatic carbocycles. The fourth-order valence-corrected chi connectivity index (χ4v) is 3.41. The summed E-state index contributed by atoms with van der Waals surface area (Å²) in [5.41, 5.74) is 2.32. The molecule has 0 radical (unpaired) electrons. The highest BCUT2D eigenvalue weighted by Gasteiger charge is 2.23. The Morgan fingerprint density at radius 3 is 2.50 bits per heavy atom. The van der Waals surface area contributed by atoms with E-state index in [0.29, 0.717) is 25.8 Å². The van der Waals surface area contributed by atoms with Gasteiger partial charge in [-0.05, 0) is 29.9 Å². The summed E-state index contributed by atoms with van der Waals surface area (Å²) < 4.78 is 24.4. The highest BCUT2D eigenvalue weighted by molar-refractivity contribution is 7.88. The molecule has 1 aliphatic rings. The van der Waals surface area contributed by atoms with Crippen molar-refractivity contribution in [2.75, 3.05) is 12.8 Å². The average Bonchev–Trinajstić information content (AvgIpc) is 2.54. The molecule has 1 aliphatic carbocycles. The molecule has 1 N–H and O–H groups in total. The first kappa shape index (κ1) is 18.6. The molecule has 2 unspecified atom stereocenters. The van der Waals surface area contributed by atoms with Crippen LogP contribution in [0.15, 0.2) is 48.6 Å². The highest BCUT2D eigenvalue weighted by Crippen LogP contribution is 2.29. The van der Waals surface area contributed by atoms with Crippen LogP contribution in [0.5, 0.6) is 0 Å². The third-order valence-corrected chi connectivity index (χ3v) is 4.91. The summed E-state index contributed by atoms with van der Waals surface area (Å²) in [6, 6.07) is 10.2. The number of hydrogen-bond acceptors (Lipinski definition) is 3. The standard InChI is InChI=1S/C19H25NO3S/c1-15-14-17(16-8-4-3-5-9-16)11-12-18(15)19(21)10-6-7-13-20-24(2,22)23/h3-5,8-9,11-12,14-15,18,20H,6-7,10,13H2,1-2H3. The van der Waals surface area contributed by atoms with Gasteiger partial charge in [0.1, 0.15) is 5.78 Å². The number of sulfonamides is 1. The van der Waals surface area contributed by atoms with Crippen LogP contribution in [0.4, 0.5) is 0 Å². The maximum Gasteiger partial charge on any atom is 0.208 e. The predicted octanol–water partition coefficient (Wildman–Crippen LogP) is 3.18. The van der Waals surface area contributed by atoms with Gasteiger partial charge in [0.2, 0.25) is 10.0 Å². The molecule has 0 saturated carbocycles. The molecule has 0 aliphatic heterocycles. The zero-order valence-electron chi connectivity index (χ0n) is 14.2. The van der Waals surface area contributed by atoms with Gasteiger partial charge in [-0.25, -0.2) is 13.1 Å². The van der Waals surface area contributed by atoms with Crippen LogP contribution in [-0.4, -0.2) is 27.0 Å². The van der Waals surface area contributed by atoms with E-state index in [4.69, 9.17) is 0 Å². The van der Waals surface area contributed by atoms with Crippen LogP contribution in [0.25, 0.3) is 5.57 Å². The third kappa shape index (κ3) is 5.73. The number of ketones is 1. The molecule has 2 atom stereocenters. The second kappa shape index (κ2) is 8.40. The molecule has 0 bridgehead atoms. The van der Waals surface area contributed by atoms with Gasteiger partial charge in [0.15, 0.2) is 0 Å². The molecule has 2 rings (SSSR count). The largest absolute Gasteiger partial charge is 0.299 e. The molecule has 130 valence electrons. The molecule has 0 aromatic heterocycles. The second-order valence-corrected chi connectivity index (χ2v) is 8.15. The minimum absolute atomic E-state index is 0.0830. The maximum absolute atomic E-state index is 12.4. The van der Waals surface area contributed by atoms with Crippen molar-refractivity contribution < 1.29 is 13.2 Å². The first-order valence-electron chi connectivity index (χ1n) is 8.29. The summed E-state index contributed by atoms with van der Waals surface area (Å²) in [6.07, 6.45) is 9.20. The van der Waals surface area contributed by atoms with E-state index >= 15 is 0 Å². The van der Waals surface area contributed by atoms with Crippen LogP contribution < -0.4 is 4.72 Å². The molecular weight excluding hydrogens is 322 g/mol. The van der Waals surface area contributed by atoms with E-state index in [-0.39, 0.29) is 17.6 Å². The Kier molecular flexibility index (Phi) is 6.52. The first-order valence-corrected chi connectivity index (χ1v) is 10.2. The number of benzene rings is 1. The van der Waals surface area contributed by atoms with Crippen LogP contribution in [0.2, 0.25) is 0 Å². The Balaban J connectivity index is 1.83. The van der Waals surface area contributed by atoms with Crippen molar-refractivity contribution in [1.29, 1.82) is 0 Å². The number of allylic oxidation sites excluding steroid dienone is 4. The summed E-state index contributed by atoms with van der Waals surface area (Å²) in [6.45, 7) is 2.46. The Labute approximate surface area is 144 Å². The summed E-state index contributed by atoms with van der Waals surface area (Å²) in [4.78, 5) is 12.4. The van der Waals surface area contributed by atoms with Crippen molar-refractivity contribution in [1.82, 2.24) is 4.72 Å². The molecule has 0 saturated heterocycles. The quantitative estimate of drug-likeness (QED) is 0.735. The van der Waals surface area contributed by atoms with Crippen LogP contribution in [0.3, 0.4) is 0 Å². The smallest absolute Gasteiger partial charge is 0.208 e. The SMILES string of the molecule is CC1C=C(c2ccccc2)C=CC1C(=O)CCCCNS(C)(=O)=O. The number of rotatable bonds is 8. The topological polar surface area (TPSA) is 63.2 Å². The van der Waals surface area contributed by atoms with Crippen molar-refractivity contribution in [2.45, 2.75) is 26.2 Å². The Morgan fingerprint density at radius 1 is 1.17 bits per heavy atom.